The number of hydrogen-bond donors (Lipinski definition) is 1. The summed E-state index contributed by atoms with van der Waals surface area (Å²) in [6, 6.07) is 22.8. The predicted octanol–water partition coefficient (Wildman–Crippen LogP) is 5.91. The molecule has 0 spiro atoms. The average Bonchev–Trinajstić information content (AvgIpc) is 3.32. The van der Waals surface area contributed by atoms with Crippen molar-refractivity contribution >= 4 is 41.0 Å². The van der Waals surface area contributed by atoms with Gasteiger partial charge in [-0.05, 0) is 36.8 Å². The number of carbonyl (C=O) groups is 2. The number of anilines is 1. The number of nitrogens with one attached hydrogen (secondary N) is 1. The Morgan fingerprint density at radius 1 is 1.07 bits per heavy atom. The van der Waals surface area contributed by atoms with Crippen molar-refractivity contribution in [2.75, 3.05) is 38.0 Å². The molecule has 5 rings (SSSR count). The molecule has 2 amide bonds. The summed E-state index contributed by atoms with van der Waals surface area (Å²) in [5.74, 6) is 1.49. The lowest BCUT2D eigenvalue weighted by Crippen LogP contribution is -2.42. The highest BCUT2D eigenvalue weighted by Crippen LogP contribution is 2.51. The monoisotopic (exact) mass is 590 g/mol. The van der Waals surface area contributed by atoms with Gasteiger partial charge in [0.15, 0.2) is 0 Å². The lowest BCUT2D eigenvalue weighted by molar-refractivity contribution is -0.122. The SMILES string of the molecule is CCCNC(=O)CN1C(=O)CS[C@@H](c2cc(OC)ccc2OC)c2c(-c3ccccc3)nn(-c3ccccc3Cl)c21. The summed E-state index contributed by atoms with van der Waals surface area (Å²) in [6.45, 7) is 2.35. The first-order valence-corrected chi connectivity index (χ1v) is 14.7. The number of ether oxygens (including phenoxy) is 2. The lowest BCUT2D eigenvalue weighted by Gasteiger charge is -2.24. The van der Waals surface area contributed by atoms with Gasteiger partial charge < -0.3 is 14.8 Å². The number of aromatic nitrogens is 2. The second kappa shape index (κ2) is 12.7. The number of methoxy groups -OCH3 is 2. The van der Waals surface area contributed by atoms with Crippen LogP contribution < -0.4 is 19.7 Å². The molecule has 4 aromatic rings. The van der Waals surface area contributed by atoms with Gasteiger partial charge in [0, 0.05) is 23.2 Å². The Labute approximate surface area is 248 Å². The number of carbonyl (C=O) groups excluding carboxylic acids is 2. The molecule has 0 saturated carbocycles. The van der Waals surface area contributed by atoms with Crippen molar-refractivity contribution in [1.29, 1.82) is 0 Å². The fraction of sp³-hybridized carbons (Fsp3) is 0.258. The van der Waals surface area contributed by atoms with E-state index < -0.39 is 0 Å². The zero-order chi connectivity index (χ0) is 28.9. The van der Waals surface area contributed by atoms with Crippen LogP contribution in [0.4, 0.5) is 5.82 Å². The molecular weight excluding hydrogens is 560 g/mol. The van der Waals surface area contributed by atoms with E-state index in [1.54, 1.807) is 25.0 Å². The van der Waals surface area contributed by atoms with Gasteiger partial charge in [-0.25, -0.2) is 4.68 Å². The first kappa shape index (κ1) is 28.6. The van der Waals surface area contributed by atoms with Crippen molar-refractivity contribution in [2.24, 2.45) is 0 Å². The van der Waals surface area contributed by atoms with E-state index in [9.17, 15) is 9.59 Å². The molecule has 1 atom stereocenters. The van der Waals surface area contributed by atoms with Gasteiger partial charge in [-0.1, -0.05) is 61.0 Å². The molecule has 8 nitrogen and oxygen atoms in total. The topological polar surface area (TPSA) is 85.7 Å². The number of hydrogen-bond acceptors (Lipinski definition) is 6. The molecule has 0 saturated heterocycles. The van der Waals surface area contributed by atoms with E-state index in [0.29, 0.717) is 40.3 Å². The van der Waals surface area contributed by atoms with Crippen molar-refractivity contribution in [3.05, 3.63) is 88.9 Å². The third-order valence-electron chi connectivity index (χ3n) is 6.81. The lowest BCUT2D eigenvalue weighted by atomic mass is 9.98. The van der Waals surface area contributed by atoms with Crippen LogP contribution in [-0.4, -0.2) is 54.7 Å². The van der Waals surface area contributed by atoms with Gasteiger partial charge in [-0.15, -0.1) is 11.8 Å². The van der Waals surface area contributed by atoms with Crippen LogP contribution in [0.2, 0.25) is 5.02 Å². The Morgan fingerprint density at radius 3 is 2.54 bits per heavy atom. The summed E-state index contributed by atoms with van der Waals surface area (Å²) in [5, 5.41) is 8.07. The fourth-order valence-corrected chi connectivity index (χ4v) is 6.30. The molecule has 212 valence electrons. The predicted molar refractivity (Wildman–Crippen MR) is 164 cm³/mol. The smallest absolute Gasteiger partial charge is 0.240 e. The number of halogens is 1. The molecule has 1 aliphatic heterocycles. The molecular formula is C31H31ClN4O4S. The first-order chi connectivity index (χ1) is 20.0. The van der Waals surface area contributed by atoms with Gasteiger partial charge >= 0.3 is 0 Å². The van der Waals surface area contributed by atoms with Gasteiger partial charge in [0.05, 0.1) is 41.6 Å². The van der Waals surface area contributed by atoms with Crippen LogP contribution in [0.25, 0.3) is 16.9 Å². The number of rotatable bonds is 9. The van der Waals surface area contributed by atoms with Gasteiger partial charge in [0.1, 0.15) is 23.9 Å². The summed E-state index contributed by atoms with van der Waals surface area (Å²) in [7, 11) is 3.23. The Hall–Kier alpha value is -3.95. The minimum Gasteiger partial charge on any atom is -0.497 e. The van der Waals surface area contributed by atoms with Crippen molar-refractivity contribution in [1.82, 2.24) is 15.1 Å². The van der Waals surface area contributed by atoms with E-state index in [0.717, 1.165) is 23.1 Å². The summed E-state index contributed by atoms with van der Waals surface area (Å²) < 4.78 is 13.1. The summed E-state index contributed by atoms with van der Waals surface area (Å²) in [6.07, 6.45) is 0.786. The number of para-hydroxylation sites is 1. The van der Waals surface area contributed by atoms with Crippen molar-refractivity contribution in [2.45, 2.75) is 18.6 Å². The van der Waals surface area contributed by atoms with E-state index in [4.69, 9.17) is 26.2 Å². The molecule has 10 heteroatoms. The Balaban J connectivity index is 1.84. The maximum absolute atomic E-state index is 13.9. The third kappa shape index (κ3) is 5.78. The summed E-state index contributed by atoms with van der Waals surface area (Å²) in [4.78, 5) is 28.4. The van der Waals surface area contributed by atoms with E-state index >= 15 is 0 Å². The van der Waals surface area contributed by atoms with Crippen LogP contribution in [0, 0.1) is 0 Å². The second-order valence-corrected chi connectivity index (χ2v) is 10.9. The zero-order valence-corrected chi connectivity index (χ0v) is 24.7. The number of amides is 2. The average molecular weight is 591 g/mol. The van der Waals surface area contributed by atoms with Crippen LogP contribution in [0.15, 0.2) is 72.8 Å². The van der Waals surface area contributed by atoms with E-state index in [1.807, 2.05) is 73.7 Å². The van der Waals surface area contributed by atoms with Gasteiger partial charge in [-0.2, -0.15) is 5.10 Å². The van der Waals surface area contributed by atoms with Crippen molar-refractivity contribution in [3.8, 4) is 28.4 Å². The van der Waals surface area contributed by atoms with Crippen molar-refractivity contribution in [3.63, 3.8) is 0 Å². The molecule has 1 N–H and O–H groups in total. The van der Waals surface area contributed by atoms with Gasteiger partial charge in [0.25, 0.3) is 0 Å². The Morgan fingerprint density at radius 2 is 1.83 bits per heavy atom. The van der Waals surface area contributed by atoms with Crippen LogP contribution >= 0.6 is 23.4 Å². The summed E-state index contributed by atoms with van der Waals surface area (Å²) >= 11 is 8.17. The second-order valence-electron chi connectivity index (χ2n) is 9.44. The highest BCUT2D eigenvalue weighted by Gasteiger charge is 2.39. The van der Waals surface area contributed by atoms with Gasteiger partial charge in [-0.3, -0.25) is 14.5 Å². The van der Waals surface area contributed by atoms with Crippen LogP contribution in [0.1, 0.15) is 29.7 Å². The normalized spacial score (nSPS) is 14.8. The van der Waals surface area contributed by atoms with E-state index in [2.05, 4.69) is 5.32 Å². The van der Waals surface area contributed by atoms with Crippen LogP contribution in [-0.2, 0) is 9.59 Å². The van der Waals surface area contributed by atoms with Crippen LogP contribution in [0.5, 0.6) is 11.5 Å². The molecule has 0 fully saturated rings. The maximum atomic E-state index is 13.9. The fourth-order valence-electron chi connectivity index (χ4n) is 4.87. The molecule has 3 aromatic carbocycles. The molecule has 1 aliphatic rings. The van der Waals surface area contributed by atoms with E-state index in [-0.39, 0.29) is 29.4 Å². The molecule has 2 heterocycles. The minimum atomic E-state index is -0.380. The van der Waals surface area contributed by atoms with Crippen molar-refractivity contribution < 1.29 is 19.1 Å². The Kier molecular flexibility index (Phi) is 8.85. The zero-order valence-electron chi connectivity index (χ0n) is 23.1. The number of nitrogens with zero attached hydrogens (tertiary/aromatic N) is 3. The maximum Gasteiger partial charge on any atom is 0.240 e. The first-order valence-electron chi connectivity index (χ1n) is 13.3. The molecule has 0 unspecified atom stereocenters. The number of thioether (sulfide) groups is 1. The molecule has 41 heavy (non-hydrogen) atoms. The number of benzene rings is 3. The third-order valence-corrected chi connectivity index (χ3v) is 8.37. The highest BCUT2D eigenvalue weighted by molar-refractivity contribution is 8.00. The quantitative estimate of drug-likeness (QED) is 0.261. The van der Waals surface area contributed by atoms with E-state index in [1.165, 1.54) is 16.7 Å². The molecule has 0 bridgehead atoms. The van der Waals surface area contributed by atoms with Crippen LogP contribution in [0.3, 0.4) is 0 Å². The van der Waals surface area contributed by atoms with Gasteiger partial charge in [0.2, 0.25) is 11.8 Å². The largest absolute Gasteiger partial charge is 0.497 e. The number of fused-ring (bicyclic) bond motifs is 1. The highest BCUT2D eigenvalue weighted by atomic mass is 35.5. The Bertz CT molecular complexity index is 1560. The summed E-state index contributed by atoms with van der Waals surface area (Å²) in [5.41, 5.74) is 3.76. The molecule has 0 radical (unpaired) electrons. The standard InChI is InChI=1S/C31H31ClN4O4S/c1-4-16-33-26(37)18-35-27(38)19-41-30(22-17-21(39-2)14-15-25(22)40-3)28-29(20-10-6-5-7-11-20)34-36(31(28)35)24-13-9-8-12-23(24)32/h5-15,17,30H,4,16,18-19H2,1-3H3,(H,33,37)/t30-/m0/s1. The minimum absolute atomic E-state index is 0.136. The molecule has 1 aromatic heterocycles. The molecule has 0 aliphatic carbocycles.